The lowest BCUT2D eigenvalue weighted by molar-refractivity contribution is 0.0961. The standard InChI is InChI=1S/C21H23N5O2/c1-15-11-19(24(2)3)22-20(12-15)25-9-10-26-18(21(25)27)13-16(23-26)14-28-17-7-5-4-6-8-17/h4-8,11-13H,9-10,14H2,1-3H3. The summed E-state index contributed by atoms with van der Waals surface area (Å²) in [6, 6.07) is 15.3. The van der Waals surface area contributed by atoms with E-state index in [4.69, 9.17) is 4.74 Å². The number of hydrogen-bond donors (Lipinski definition) is 0. The van der Waals surface area contributed by atoms with E-state index in [2.05, 4.69) is 10.1 Å². The van der Waals surface area contributed by atoms with Crippen molar-refractivity contribution >= 4 is 17.5 Å². The minimum absolute atomic E-state index is 0.0903. The van der Waals surface area contributed by atoms with E-state index in [-0.39, 0.29) is 5.91 Å². The first-order valence-electron chi connectivity index (χ1n) is 9.24. The summed E-state index contributed by atoms with van der Waals surface area (Å²) in [5, 5.41) is 4.52. The fourth-order valence-corrected chi connectivity index (χ4v) is 3.21. The molecule has 7 nitrogen and oxygen atoms in total. The summed E-state index contributed by atoms with van der Waals surface area (Å²) in [4.78, 5) is 21.4. The van der Waals surface area contributed by atoms with Crippen LogP contribution in [0.15, 0.2) is 48.5 Å². The number of benzene rings is 1. The van der Waals surface area contributed by atoms with Crippen LogP contribution in [0.3, 0.4) is 0 Å². The number of para-hydroxylation sites is 1. The van der Waals surface area contributed by atoms with E-state index in [1.807, 2.05) is 68.4 Å². The molecule has 3 aromatic rings. The van der Waals surface area contributed by atoms with Gasteiger partial charge in [0.2, 0.25) is 0 Å². The maximum Gasteiger partial charge on any atom is 0.277 e. The molecule has 7 heteroatoms. The third-order valence-corrected chi connectivity index (χ3v) is 4.64. The van der Waals surface area contributed by atoms with Crippen molar-refractivity contribution in [3.05, 3.63) is 65.5 Å². The first-order chi connectivity index (χ1) is 13.5. The van der Waals surface area contributed by atoms with Crippen LogP contribution in [0.1, 0.15) is 21.7 Å². The van der Waals surface area contributed by atoms with Crippen LogP contribution in [0.25, 0.3) is 0 Å². The van der Waals surface area contributed by atoms with Gasteiger partial charge < -0.3 is 9.64 Å². The second-order valence-corrected chi connectivity index (χ2v) is 7.06. The average Bonchev–Trinajstić information content (AvgIpc) is 3.11. The third kappa shape index (κ3) is 3.55. The number of pyridine rings is 1. The Hall–Kier alpha value is -3.35. The van der Waals surface area contributed by atoms with Crippen molar-refractivity contribution in [3.8, 4) is 5.75 Å². The van der Waals surface area contributed by atoms with Crippen LogP contribution in [0.2, 0.25) is 0 Å². The van der Waals surface area contributed by atoms with Gasteiger partial charge in [-0.05, 0) is 42.8 Å². The minimum Gasteiger partial charge on any atom is -0.487 e. The molecule has 4 rings (SSSR count). The highest BCUT2D eigenvalue weighted by molar-refractivity contribution is 6.05. The molecule has 2 aromatic heterocycles. The van der Waals surface area contributed by atoms with Crippen molar-refractivity contribution in [1.82, 2.24) is 14.8 Å². The van der Waals surface area contributed by atoms with Crippen molar-refractivity contribution in [2.24, 2.45) is 0 Å². The van der Waals surface area contributed by atoms with E-state index >= 15 is 0 Å². The second-order valence-electron chi connectivity index (χ2n) is 7.06. The van der Waals surface area contributed by atoms with Crippen LogP contribution < -0.4 is 14.5 Å². The number of aromatic nitrogens is 3. The maximum atomic E-state index is 13.1. The second kappa shape index (κ2) is 7.34. The lowest BCUT2D eigenvalue weighted by Crippen LogP contribution is -2.41. The molecule has 0 N–H and O–H groups in total. The Morgan fingerprint density at radius 2 is 1.89 bits per heavy atom. The van der Waals surface area contributed by atoms with Gasteiger partial charge in [-0.15, -0.1) is 0 Å². The highest BCUT2D eigenvalue weighted by Crippen LogP contribution is 2.24. The Bertz CT molecular complexity index is 997. The quantitative estimate of drug-likeness (QED) is 0.684. The van der Waals surface area contributed by atoms with Gasteiger partial charge in [0.05, 0.1) is 6.54 Å². The number of ether oxygens (including phenoxy) is 1. The molecule has 0 saturated carbocycles. The number of hydrogen-bond acceptors (Lipinski definition) is 5. The molecule has 0 fully saturated rings. The number of fused-ring (bicyclic) bond motifs is 1. The van der Waals surface area contributed by atoms with Gasteiger partial charge in [-0.2, -0.15) is 5.10 Å². The van der Waals surface area contributed by atoms with Gasteiger partial charge in [0.1, 0.15) is 35.4 Å². The summed E-state index contributed by atoms with van der Waals surface area (Å²) in [5.41, 5.74) is 2.37. The van der Waals surface area contributed by atoms with Crippen molar-refractivity contribution in [1.29, 1.82) is 0 Å². The zero-order chi connectivity index (χ0) is 19.7. The van der Waals surface area contributed by atoms with Gasteiger partial charge in [-0.3, -0.25) is 14.4 Å². The molecular weight excluding hydrogens is 354 g/mol. The third-order valence-electron chi connectivity index (χ3n) is 4.64. The van der Waals surface area contributed by atoms with E-state index in [9.17, 15) is 4.79 Å². The van der Waals surface area contributed by atoms with Gasteiger partial charge in [-0.1, -0.05) is 18.2 Å². The highest BCUT2D eigenvalue weighted by atomic mass is 16.5. The highest BCUT2D eigenvalue weighted by Gasteiger charge is 2.28. The van der Waals surface area contributed by atoms with Crippen LogP contribution in [0.5, 0.6) is 5.75 Å². The van der Waals surface area contributed by atoms with Gasteiger partial charge in [-0.25, -0.2) is 4.98 Å². The molecule has 1 aliphatic heterocycles. The summed E-state index contributed by atoms with van der Waals surface area (Å²) >= 11 is 0. The molecule has 1 aromatic carbocycles. The molecule has 144 valence electrons. The average molecular weight is 377 g/mol. The van der Waals surface area contributed by atoms with Crippen molar-refractivity contribution < 1.29 is 9.53 Å². The largest absolute Gasteiger partial charge is 0.487 e. The Morgan fingerprint density at radius 1 is 1.11 bits per heavy atom. The van der Waals surface area contributed by atoms with Crippen LogP contribution in [0, 0.1) is 6.92 Å². The lowest BCUT2D eigenvalue weighted by Gasteiger charge is -2.27. The molecule has 0 radical (unpaired) electrons. The normalized spacial score (nSPS) is 13.4. The Labute approximate surface area is 164 Å². The summed E-state index contributed by atoms with van der Waals surface area (Å²) in [6.07, 6.45) is 0. The first kappa shape index (κ1) is 18.0. The number of carbonyl (C=O) groups excluding carboxylic acids is 1. The molecule has 0 unspecified atom stereocenters. The van der Waals surface area contributed by atoms with E-state index in [0.29, 0.717) is 31.2 Å². The fraction of sp³-hybridized carbons (Fsp3) is 0.286. The smallest absolute Gasteiger partial charge is 0.277 e. The van der Waals surface area contributed by atoms with Crippen molar-refractivity contribution in [3.63, 3.8) is 0 Å². The zero-order valence-corrected chi connectivity index (χ0v) is 16.3. The van der Waals surface area contributed by atoms with E-state index in [1.54, 1.807) is 15.6 Å². The van der Waals surface area contributed by atoms with Crippen LogP contribution in [-0.4, -0.2) is 41.3 Å². The summed E-state index contributed by atoms with van der Waals surface area (Å²) < 4.78 is 7.51. The Balaban J connectivity index is 1.55. The topological polar surface area (TPSA) is 63.5 Å². The number of anilines is 2. The molecule has 0 spiro atoms. The summed E-state index contributed by atoms with van der Waals surface area (Å²) in [6.45, 7) is 3.50. The minimum atomic E-state index is -0.0903. The molecule has 3 heterocycles. The van der Waals surface area contributed by atoms with Gasteiger partial charge >= 0.3 is 0 Å². The van der Waals surface area contributed by atoms with Crippen molar-refractivity contribution in [2.75, 3.05) is 30.4 Å². The zero-order valence-electron chi connectivity index (χ0n) is 16.3. The number of amides is 1. The molecule has 0 bridgehead atoms. The SMILES string of the molecule is Cc1cc(N(C)C)nc(N2CCn3nc(COc4ccccc4)cc3C2=O)c1. The predicted octanol–water partition coefficient (Wildman–Crippen LogP) is 2.89. The van der Waals surface area contributed by atoms with E-state index < -0.39 is 0 Å². The fourth-order valence-electron chi connectivity index (χ4n) is 3.21. The number of rotatable bonds is 5. The molecule has 1 aliphatic rings. The summed E-state index contributed by atoms with van der Waals surface area (Å²) in [5.74, 6) is 2.19. The van der Waals surface area contributed by atoms with E-state index in [1.165, 1.54) is 0 Å². The number of aryl methyl sites for hydroxylation is 1. The molecule has 0 atom stereocenters. The Kier molecular flexibility index (Phi) is 4.73. The summed E-state index contributed by atoms with van der Waals surface area (Å²) in [7, 11) is 3.88. The van der Waals surface area contributed by atoms with E-state index in [0.717, 1.165) is 22.8 Å². The lowest BCUT2D eigenvalue weighted by atomic mass is 10.2. The van der Waals surface area contributed by atoms with Gasteiger partial charge in [0.25, 0.3) is 5.91 Å². The van der Waals surface area contributed by atoms with Crippen LogP contribution in [0.4, 0.5) is 11.6 Å². The molecule has 28 heavy (non-hydrogen) atoms. The molecular formula is C21H23N5O2. The van der Waals surface area contributed by atoms with Crippen molar-refractivity contribution in [2.45, 2.75) is 20.1 Å². The molecule has 0 saturated heterocycles. The maximum absolute atomic E-state index is 13.1. The number of carbonyl (C=O) groups is 1. The molecule has 1 amide bonds. The van der Waals surface area contributed by atoms with Gasteiger partial charge in [0.15, 0.2) is 0 Å². The monoisotopic (exact) mass is 377 g/mol. The van der Waals surface area contributed by atoms with Crippen LogP contribution >= 0.6 is 0 Å². The first-order valence-corrected chi connectivity index (χ1v) is 9.24. The number of nitrogens with zero attached hydrogens (tertiary/aromatic N) is 5. The molecule has 0 aliphatic carbocycles. The van der Waals surface area contributed by atoms with Gasteiger partial charge in [0, 0.05) is 20.6 Å². The predicted molar refractivity (Wildman–Crippen MR) is 108 cm³/mol. The van der Waals surface area contributed by atoms with Crippen LogP contribution in [-0.2, 0) is 13.2 Å². The Morgan fingerprint density at radius 3 is 2.64 bits per heavy atom.